The fourth-order valence-electron chi connectivity index (χ4n) is 2.07. The molecule has 0 aliphatic heterocycles. The van der Waals surface area contributed by atoms with Gasteiger partial charge in [-0.15, -0.1) is 11.3 Å². The molecule has 1 atom stereocenters. The highest BCUT2D eigenvalue weighted by Crippen LogP contribution is 2.30. The maximum Gasteiger partial charge on any atom is 0.116 e. The van der Waals surface area contributed by atoms with Gasteiger partial charge in [-0.3, -0.25) is 0 Å². The number of hydrogen-bond donors (Lipinski definition) is 0. The lowest BCUT2D eigenvalue weighted by Crippen LogP contribution is -1.96. The molecular formula is C15H14N2OS. The van der Waals surface area contributed by atoms with E-state index in [0.29, 0.717) is 0 Å². The molecule has 3 aromatic rings. The smallest absolute Gasteiger partial charge is 0.116 e. The van der Waals surface area contributed by atoms with Crippen LogP contribution < -0.4 is 0 Å². The first kappa shape index (κ1) is 12.3. The van der Waals surface area contributed by atoms with Crippen molar-refractivity contribution < 1.29 is 4.74 Å². The monoisotopic (exact) mass is 270 g/mol. The van der Waals surface area contributed by atoms with Crippen molar-refractivity contribution in [3.05, 3.63) is 47.6 Å². The minimum absolute atomic E-state index is 0.0839. The SMILES string of the molecule is COC(C)c1cccc(-c2ncnc3ccsc23)c1. The quantitative estimate of drug-likeness (QED) is 0.719. The van der Waals surface area contributed by atoms with Crippen LogP contribution >= 0.6 is 11.3 Å². The molecule has 96 valence electrons. The minimum Gasteiger partial charge on any atom is -0.377 e. The second-order valence-corrected chi connectivity index (χ2v) is 5.28. The number of ether oxygens (including phenoxy) is 1. The van der Waals surface area contributed by atoms with E-state index in [4.69, 9.17) is 4.74 Å². The molecule has 0 aliphatic carbocycles. The van der Waals surface area contributed by atoms with Crippen LogP contribution in [0, 0.1) is 0 Å². The van der Waals surface area contributed by atoms with Gasteiger partial charge in [0.2, 0.25) is 0 Å². The molecule has 0 saturated heterocycles. The molecule has 1 unspecified atom stereocenters. The van der Waals surface area contributed by atoms with Crippen molar-refractivity contribution in [2.24, 2.45) is 0 Å². The minimum atomic E-state index is 0.0839. The molecule has 0 amide bonds. The van der Waals surface area contributed by atoms with Crippen molar-refractivity contribution in [1.82, 2.24) is 9.97 Å². The Kier molecular flexibility index (Phi) is 3.27. The average Bonchev–Trinajstić information content (AvgIpc) is 2.94. The Hall–Kier alpha value is -1.78. The summed E-state index contributed by atoms with van der Waals surface area (Å²) >= 11 is 1.67. The lowest BCUT2D eigenvalue weighted by atomic mass is 10.0. The molecule has 4 heteroatoms. The van der Waals surface area contributed by atoms with Crippen molar-refractivity contribution in [2.45, 2.75) is 13.0 Å². The van der Waals surface area contributed by atoms with E-state index in [0.717, 1.165) is 27.0 Å². The molecule has 3 nitrogen and oxygen atoms in total. The lowest BCUT2D eigenvalue weighted by molar-refractivity contribution is 0.119. The molecule has 0 N–H and O–H groups in total. The second kappa shape index (κ2) is 5.07. The summed E-state index contributed by atoms with van der Waals surface area (Å²) in [7, 11) is 1.72. The van der Waals surface area contributed by atoms with Gasteiger partial charge in [-0.25, -0.2) is 9.97 Å². The molecule has 0 spiro atoms. The third-order valence-electron chi connectivity index (χ3n) is 3.23. The van der Waals surface area contributed by atoms with Gasteiger partial charge in [-0.2, -0.15) is 0 Å². The Balaban J connectivity index is 2.14. The zero-order valence-corrected chi connectivity index (χ0v) is 11.6. The number of nitrogens with zero attached hydrogens (tertiary/aromatic N) is 2. The fourth-order valence-corrected chi connectivity index (χ4v) is 2.93. The van der Waals surface area contributed by atoms with Gasteiger partial charge in [0.05, 0.1) is 22.0 Å². The van der Waals surface area contributed by atoms with Crippen LogP contribution in [0.1, 0.15) is 18.6 Å². The van der Waals surface area contributed by atoms with Crippen LogP contribution in [0.5, 0.6) is 0 Å². The topological polar surface area (TPSA) is 35.0 Å². The van der Waals surface area contributed by atoms with E-state index < -0.39 is 0 Å². The number of hydrogen-bond acceptors (Lipinski definition) is 4. The summed E-state index contributed by atoms with van der Waals surface area (Å²) in [5.41, 5.74) is 4.25. The van der Waals surface area contributed by atoms with E-state index in [1.807, 2.05) is 24.4 Å². The number of methoxy groups -OCH3 is 1. The zero-order valence-electron chi connectivity index (χ0n) is 10.8. The highest BCUT2D eigenvalue weighted by Gasteiger charge is 2.10. The summed E-state index contributed by atoms with van der Waals surface area (Å²) < 4.78 is 6.50. The molecule has 1 aromatic carbocycles. The highest BCUT2D eigenvalue weighted by atomic mass is 32.1. The summed E-state index contributed by atoms with van der Waals surface area (Å²) in [4.78, 5) is 8.71. The summed E-state index contributed by atoms with van der Waals surface area (Å²) in [6.07, 6.45) is 1.71. The standard InChI is InChI=1S/C15H14N2OS/c1-10(18-2)11-4-3-5-12(8-11)14-15-13(6-7-19-15)16-9-17-14/h3-10H,1-2H3. The first-order chi connectivity index (χ1) is 9.29. The predicted octanol–water partition coefficient (Wildman–Crippen LogP) is 4.07. The average molecular weight is 270 g/mol. The normalized spacial score (nSPS) is 12.7. The molecule has 0 radical (unpaired) electrons. The number of thiophene rings is 1. The summed E-state index contributed by atoms with van der Waals surface area (Å²) in [6, 6.07) is 10.3. The van der Waals surface area contributed by atoms with Gasteiger partial charge in [-0.05, 0) is 30.0 Å². The third kappa shape index (κ3) is 2.25. The van der Waals surface area contributed by atoms with Crippen molar-refractivity contribution in [3.8, 4) is 11.3 Å². The van der Waals surface area contributed by atoms with Gasteiger partial charge < -0.3 is 4.74 Å². The number of fused-ring (bicyclic) bond motifs is 1. The van der Waals surface area contributed by atoms with E-state index in [-0.39, 0.29) is 6.10 Å². The number of benzene rings is 1. The maximum atomic E-state index is 5.37. The molecule has 0 bridgehead atoms. The van der Waals surface area contributed by atoms with E-state index in [1.165, 1.54) is 0 Å². The van der Waals surface area contributed by atoms with Crippen LogP contribution in [-0.4, -0.2) is 17.1 Å². The van der Waals surface area contributed by atoms with Gasteiger partial charge in [-0.1, -0.05) is 18.2 Å². The van der Waals surface area contributed by atoms with Crippen LogP contribution in [-0.2, 0) is 4.74 Å². The zero-order chi connectivity index (χ0) is 13.2. The van der Waals surface area contributed by atoms with Crippen LogP contribution in [0.25, 0.3) is 21.5 Å². The van der Waals surface area contributed by atoms with E-state index in [9.17, 15) is 0 Å². The number of aromatic nitrogens is 2. The van der Waals surface area contributed by atoms with Crippen LogP contribution in [0.2, 0.25) is 0 Å². The Bertz CT molecular complexity index is 708. The van der Waals surface area contributed by atoms with E-state index in [2.05, 4.69) is 28.2 Å². The molecule has 2 heterocycles. The van der Waals surface area contributed by atoms with Gasteiger partial charge in [0.15, 0.2) is 0 Å². The summed E-state index contributed by atoms with van der Waals surface area (Å²) in [5.74, 6) is 0. The molecule has 3 rings (SSSR count). The Morgan fingerprint density at radius 2 is 2.11 bits per heavy atom. The molecule has 0 aliphatic rings. The van der Waals surface area contributed by atoms with Gasteiger partial charge in [0.25, 0.3) is 0 Å². The van der Waals surface area contributed by atoms with Gasteiger partial charge in [0.1, 0.15) is 6.33 Å². The molecular weight excluding hydrogens is 256 g/mol. The van der Waals surface area contributed by atoms with E-state index >= 15 is 0 Å². The lowest BCUT2D eigenvalue weighted by Gasteiger charge is -2.11. The predicted molar refractivity (Wildman–Crippen MR) is 78.3 cm³/mol. The molecule has 0 fully saturated rings. The molecule has 19 heavy (non-hydrogen) atoms. The Labute approximate surface area is 115 Å². The molecule has 2 aromatic heterocycles. The van der Waals surface area contributed by atoms with Crippen molar-refractivity contribution in [3.63, 3.8) is 0 Å². The Morgan fingerprint density at radius 3 is 2.95 bits per heavy atom. The summed E-state index contributed by atoms with van der Waals surface area (Å²) in [5, 5.41) is 2.05. The Morgan fingerprint density at radius 1 is 1.21 bits per heavy atom. The largest absolute Gasteiger partial charge is 0.377 e. The molecule has 0 saturated carbocycles. The van der Waals surface area contributed by atoms with Crippen LogP contribution in [0.15, 0.2) is 42.0 Å². The first-order valence-corrected chi connectivity index (χ1v) is 6.99. The maximum absolute atomic E-state index is 5.37. The number of rotatable bonds is 3. The van der Waals surface area contributed by atoms with Crippen LogP contribution in [0.3, 0.4) is 0 Å². The van der Waals surface area contributed by atoms with E-state index in [1.54, 1.807) is 24.8 Å². The van der Waals surface area contributed by atoms with Crippen molar-refractivity contribution in [2.75, 3.05) is 7.11 Å². The first-order valence-electron chi connectivity index (χ1n) is 6.11. The second-order valence-electron chi connectivity index (χ2n) is 4.36. The van der Waals surface area contributed by atoms with Crippen molar-refractivity contribution >= 4 is 21.6 Å². The van der Waals surface area contributed by atoms with Gasteiger partial charge >= 0.3 is 0 Å². The van der Waals surface area contributed by atoms with Crippen molar-refractivity contribution in [1.29, 1.82) is 0 Å². The fraction of sp³-hybridized carbons (Fsp3) is 0.200. The summed E-state index contributed by atoms with van der Waals surface area (Å²) in [6.45, 7) is 2.04. The van der Waals surface area contributed by atoms with Crippen LogP contribution in [0.4, 0.5) is 0 Å². The highest BCUT2D eigenvalue weighted by molar-refractivity contribution is 7.17. The van der Waals surface area contributed by atoms with Gasteiger partial charge in [0, 0.05) is 12.7 Å². The third-order valence-corrected chi connectivity index (χ3v) is 4.14.